The van der Waals surface area contributed by atoms with Crippen molar-refractivity contribution >= 4 is 5.69 Å². The first-order chi connectivity index (χ1) is 9.21. The van der Waals surface area contributed by atoms with Gasteiger partial charge in [0.1, 0.15) is 0 Å². The van der Waals surface area contributed by atoms with Gasteiger partial charge < -0.3 is 15.0 Å². The smallest absolute Gasteiger partial charge is 0.0499 e. The van der Waals surface area contributed by atoms with Gasteiger partial charge in [0.15, 0.2) is 0 Å². The van der Waals surface area contributed by atoms with E-state index in [4.69, 9.17) is 4.74 Å². The molecule has 1 aromatic rings. The van der Waals surface area contributed by atoms with Crippen molar-refractivity contribution in [1.29, 1.82) is 0 Å². The van der Waals surface area contributed by atoms with Crippen LogP contribution in [0.4, 0.5) is 5.69 Å². The van der Waals surface area contributed by atoms with E-state index in [9.17, 15) is 0 Å². The van der Waals surface area contributed by atoms with E-state index in [1.807, 2.05) is 0 Å². The summed E-state index contributed by atoms with van der Waals surface area (Å²) in [7, 11) is 1.75. The summed E-state index contributed by atoms with van der Waals surface area (Å²) in [5.74, 6) is 0.556. The van der Waals surface area contributed by atoms with E-state index in [0.29, 0.717) is 5.92 Å². The van der Waals surface area contributed by atoms with Gasteiger partial charge >= 0.3 is 0 Å². The molecule has 0 spiro atoms. The van der Waals surface area contributed by atoms with Crippen LogP contribution in [0, 0.1) is 5.92 Å². The fraction of sp³-hybridized carbons (Fsp3) is 0.625. The summed E-state index contributed by atoms with van der Waals surface area (Å²) in [5, 5.41) is 3.47. The number of nitrogens with zero attached hydrogens (tertiary/aromatic N) is 1. The number of rotatable bonds is 9. The van der Waals surface area contributed by atoms with Crippen LogP contribution in [-0.2, 0) is 11.3 Å². The van der Waals surface area contributed by atoms with Crippen molar-refractivity contribution in [2.24, 2.45) is 5.92 Å². The number of hydrogen-bond donors (Lipinski definition) is 1. The lowest BCUT2D eigenvalue weighted by Crippen LogP contribution is -2.23. The second-order valence-corrected chi connectivity index (χ2v) is 5.03. The van der Waals surface area contributed by atoms with Gasteiger partial charge in [-0.3, -0.25) is 0 Å². The topological polar surface area (TPSA) is 24.5 Å². The molecule has 0 heterocycles. The van der Waals surface area contributed by atoms with E-state index in [0.717, 1.165) is 32.8 Å². The monoisotopic (exact) mass is 264 g/mol. The van der Waals surface area contributed by atoms with E-state index in [-0.39, 0.29) is 0 Å². The molecule has 0 bridgehead atoms. The third-order valence-electron chi connectivity index (χ3n) is 3.34. The Morgan fingerprint density at radius 1 is 1.16 bits per heavy atom. The van der Waals surface area contributed by atoms with Crippen LogP contribution in [0.25, 0.3) is 0 Å². The Labute approximate surface area is 118 Å². The summed E-state index contributed by atoms with van der Waals surface area (Å²) in [5.41, 5.74) is 2.64. The maximum Gasteiger partial charge on any atom is 0.0499 e. The summed E-state index contributed by atoms with van der Waals surface area (Å²) >= 11 is 0. The highest BCUT2D eigenvalue weighted by Gasteiger charge is 2.03. The minimum atomic E-state index is 0.556. The quantitative estimate of drug-likeness (QED) is 0.742. The van der Waals surface area contributed by atoms with Gasteiger partial charge in [0, 0.05) is 45.6 Å². The third-order valence-corrected chi connectivity index (χ3v) is 3.34. The van der Waals surface area contributed by atoms with E-state index < -0.39 is 0 Å². The first-order valence-electron chi connectivity index (χ1n) is 7.24. The van der Waals surface area contributed by atoms with Crippen LogP contribution in [-0.4, -0.2) is 33.4 Å². The van der Waals surface area contributed by atoms with Crippen molar-refractivity contribution in [3.05, 3.63) is 29.8 Å². The van der Waals surface area contributed by atoms with Crippen molar-refractivity contribution in [3.8, 4) is 0 Å². The van der Waals surface area contributed by atoms with Gasteiger partial charge in [-0.2, -0.15) is 0 Å². The lowest BCUT2D eigenvalue weighted by Gasteiger charge is -2.21. The van der Waals surface area contributed by atoms with Crippen LogP contribution in [0.3, 0.4) is 0 Å². The van der Waals surface area contributed by atoms with Crippen molar-refractivity contribution < 1.29 is 4.74 Å². The molecular formula is C16H28N2O. The average Bonchev–Trinajstić information content (AvgIpc) is 2.42. The molecule has 3 heteroatoms. The normalized spacial score (nSPS) is 12.4. The summed E-state index contributed by atoms with van der Waals surface area (Å²) in [6.07, 6.45) is 0. The van der Waals surface area contributed by atoms with Gasteiger partial charge in [0.25, 0.3) is 0 Å². The molecule has 1 aromatic carbocycles. The average molecular weight is 264 g/mol. The Morgan fingerprint density at radius 2 is 1.79 bits per heavy atom. The molecule has 3 nitrogen and oxygen atoms in total. The predicted octanol–water partition coefficient (Wildman–Crippen LogP) is 2.90. The third kappa shape index (κ3) is 5.62. The Hall–Kier alpha value is -1.06. The van der Waals surface area contributed by atoms with Crippen molar-refractivity contribution in [2.75, 3.05) is 38.3 Å². The highest BCUT2D eigenvalue weighted by molar-refractivity contribution is 5.47. The Bertz CT molecular complexity index is 333. The standard InChI is InChI=1S/C16H28N2O/c1-5-18(6-2)16-9-7-15(8-10-16)12-17-11-14(3)13-19-4/h7-10,14,17H,5-6,11-13H2,1-4H3. The second-order valence-electron chi connectivity index (χ2n) is 5.03. The van der Waals surface area contributed by atoms with Crippen LogP contribution in [0.2, 0.25) is 0 Å². The van der Waals surface area contributed by atoms with Crippen molar-refractivity contribution in [1.82, 2.24) is 5.32 Å². The predicted molar refractivity (Wildman–Crippen MR) is 82.7 cm³/mol. The number of nitrogens with one attached hydrogen (secondary N) is 1. The molecule has 0 saturated carbocycles. The second kappa shape index (κ2) is 8.94. The molecule has 19 heavy (non-hydrogen) atoms. The Morgan fingerprint density at radius 3 is 2.32 bits per heavy atom. The fourth-order valence-corrected chi connectivity index (χ4v) is 2.22. The number of methoxy groups -OCH3 is 1. The van der Waals surface area contributed by atoms with Gasteiger partial charge in [0.05, 0.1) is 0 Å². The lowest BCUT2D eigenvalue weighted by atomic mass is 10.1. The van der Waals surface area contributed by atoms with Crippen LogP contribution < -0.4 is 10.2 Å². The molecule has 0 saturated heterocycles. The molecule has 0 amide bonds. The number of benzene rings is 1. The van der Waals surface area contributed by atoms with E-state index in [1.165, 1.54) is 11.3 Å². The molecule has 108 valence electrons. The molecule has 1 N–H and O–H groups in total. The minimum absolute atomic E-state index is 0.556. The van der Waals surface area contributed by atoms with E-state index >= 15 is 0 Å². The van der Waals surface area contributed by atoms with E-state index in [2.05, 4.69) is 55.3 Å². The van der Waals surface area contributed by atoms with Gasteiger partial charge in [-0.25, -0.2) is 0 Å². The molecular weight excluding hydrogens is 236 g/mol. The van der Waals surface area contributed by atoms with Gasteiger partial charge in [-0.1, -0.05) is 19.1 Å². The molecule has 0 fully saturated rings. The maximum atomic E-state index is 5.13. The molecule has 1 rings (SSSR count). The SMILES string of the molecule is CCN(CC)c1ccc(CNCC(C)COC)cc1. The molecule has 0 aromatic heterocycles. The van der Waals surface area contributed by atoms with E-state index in [1.54, 1.807) is 7.11 Å². The van der Waals surface area contributed by atoms with Crippen molar-refractivity contribution in [2.45, 2.75) is 27.3 Å². The summed E-state index contributed by atoms with van der Waals surface area (Å²) in [6.45, 7) is 11.4. The van der Waals surface area contributed by atoms with Crippen LogP contribution in [0.5, 0.6) is 0 Å². The zero-order chi connectivity index (χ0) is 14.1. The number of ether oxygens (including phenoxy) is 1. The fourth-order valence-electron chi connectivity index (χ4n) is 2.22. The summed E-state index contributed by atoms with van der Waals surface area (Å²) in [4.78, 5) is 2.36. The minimum Gasteiger partial charge on any atom is -0.384 e. The Kier molecular flexibility index (Phi) is 7.53. The highest BCUT2D eigenvalue weighted by atomic mass is 16.5. The van der Waals surface area contributed by atoms with Gasteiger partial charge in [-0.05, 0) is 37.5 Å². The van der Waals surface area contributed by atoms with Crippen LogP contribution in [0.1, 0.15) is 26.3 Å². The Balaban J connectivity index is 2.40. The van der Waals surface area contributed by atoms with Gasteiger partial charge in [-0.15, -0.1) is 0 Å². The molecule has 0 aliphatic heterocycles. The molecule has 0 aliphatic rings. The lowest BCUT2D eigenvalue weighted by molar-refractivity contribution is 0.158. The molecule has 0 radical (unpaired) electrons. The highest BCUT2D eigenvalue weighted by Crippen LogP contribution is 2.14. The first kappa shape index (κ1) is 16.0. The summed E-state index contributed by atoms with van der Waals surface area (Å²) in [6, 6.07) is 8.84. The largest absolute Gasteiger partial charge is 0.384 e. The zero-order valence-corrected chi connectivity index (χ0v) is 12.8. The zero-order valence-electron chi connectivity index (χ0n) is 12.8. The first-order valence-corrected chi connectivity index (χ1v) is 7.24. The van der Waals surface area contributed by atoms with Crippen LogP contribution >= 0.6 is 0 Å². The molecule has 0 aliphatic carbocycles. The maximum absolute atomic E-state index is 5.13. The molecule has 1 atom stereocenters. The van der Waals surface area contributed by atoms with Crippen molar-refractivity contribution in [3.63, 3.8) is 0 Å². The summed E-state index contributed by atoms with van der Waals surface area (Å²) < 4.78 is 5.13. The van der Waals surface area contributed by atoms with Gasteiger partial charge in [0.2, 0.25) is 0 Å². The number of anilines is 1. The molecule has 1 unspecified atom stereocenters. The number of hydrogen-bond acceptors (Lipinski definition) is 3. The van der Waals surface area contributed by atoms with Crippen LogP contribution in [0.15, 0.2) is 24.3 Å².